The lowest BCUT2D eigenvalue weighted by Gasteiger charge is -2.23. The van der Waals surface area contributed by atoms with Gasteiger partial charge in [-0.1, -0.05) is 20.3 Å². The number of hydrogen-bond acceptors (Lipinski definition) is 3. The second-order valence-electron chi connectivity index (χ2n) is 4.06. The second kappa shape index (κ2) is 4.43. The van der Waals surface area contributed by atoms with E-state index in [2.05, 4.69) is 0 Å². The minimum Gasteiger partial charge on any atom is -0.298 e. The van der Waals surface area contributed by atoms with E-state index < -0.39 is 15.1 Å². The smallest absolute Gasteiger partial charge is 0.160 e. The zero-order chi connectivity index (χ0) is 10.8. The Hall–Kier alpha value is -0.380. The Morgan fingerprint density at radius 1 is 1.43 bits per heavy atom. The predicted molar refractivity (Wildman–Crippen MR) is 55.9 cm³/mol. The summed E-state index contributed by atoms with van der Waals surface area (Å²) in [6.45, 7) is 3.73. The van der Waals surface area contributed by atoms with E-state index in [0.29, 0.717) is 12.8 Å². The van der Waals surface area contributed by atoms with Gasteiger partial charge in [0.1, 0.15) is 5.25 Å². The number of hydrogen-bond donors (Lipinski definition) is 0. The van der Waals surface area contributed by atoms with Crippen LogP contribution in [0.1, 0.15) is 39.5 Å². The fourth-order valence-electron chi connectivity index (χ4n) is 1.79. The highest BCUT2D eigenvalue weighted by atomic mass is 32.2. The summed E-state index contributed by atoms with van der Waals surface area (Å²) in [5, 5.41) is -0.703. The minimum atomic E-state index is -3.13. The van der Waals surface area contributed by atoms with Gasteiger partial charge in [0.25, 0.3) is 0 Å². The Labute approximate surface area is 85.8 Å². The molecule has 0 aromatic rings. The number of Topliss-reactive ketones (excluding diaryl/α,β-unsaturated/α-hetero) is 1. The summed E-state index contributed by atoms with van der Waals surface area (Å²) in [6.07, 6.45) is 2.84. The van der Waals surface area contributed by atoms with E-state index in [1.54, 1.807) is 0 Å². The van der Waals surface area contributed by atoms with Crippen LogP contribution in [0.15, 0.2) is 0 Å². The van der Waals surface area contributed by atoms with Crippen LogP contribution in [0.5, 0.6) is 0 Å². The summed E-state index contributed by atoms with van der Waals surface area (Å²) in [4.78, 5) is 11.8. The third kappa shape index (κ3) is 2.35. The van der Waals surface area contributed by atoms with Crippen molar-refractivity contribution >= 4 is 15.6 Å². The Kier molecular flexibility index (Phi) is 3.70. The molecule has 2 atom stereocenters. The number of ketones is 1. The lowest BCUT2D eigenvalue weighted by atomic mass is 9.98. The van der Waals surface area contributed by atoms with Crippen molar-refractivity contribution in [1.29, 1.82) is 0 Å². The number of sulfone groups is 1. The number of rotatable bonds is 3. The maximum absolute atomic E-state index is 11.8. The van der Waals surface area contributed by atoms with Gasteiger partial charge < -0.3 is 0 Å². The van der Waals surface area contributed by atoms with E-state index in [9.17, 15) is 13.2 Å². The molecule has 14 heavy (non-hydrogen) atoms. The highest BCUT2D eigenvalue weighted by Gasteiger charge is 2.36. The lowest BCUT2D eigenvalue weighted by Crippen LogP contribution is -2.38. The van der Waals surface area contributed by atoms with Gasteiger partial charge in [0.15, 0.2) is 15.6 Å². The van der Waals surface area contributed by atoms with Gasteiger partial charge in [0, 0.05) is 5.92 Å². The second-order valence-corrected chi connectivity index (χ2v) is 6.37. The van der Waals surface area contributed by atoms with Crippen LogP contribution in [0.2, 0.25) is 0 Å². The molecular weight excluding hydrogens is 200 g/mol. The molecule has 0 amide bonds. The minimum absolute atomic E-state index is 0.0767. The average Bonchev–Trinajstić information content (AvgIpc) is 2.15. The van der Waals surface area contributed by atoms with Crippen molar-refractivity contribution < 1.29 is 13.2 Å². The topological polar surface area (TPSA) is 51.2 Å². The summed E-state index contributed by atoms with van der Waals surface area (Å²) in [5.74, 6) is -0.0000883. The first-order valence-corrected chi connectivity index (χ1v) is 6.96. The zero-order valence-electron chi connectivity index (χ0n) is 8.82. The molecule has 1 saturated heterocycles. The lowest BCUT2D eigenvalue weighted by molar-refractivity contribution is -0.122. The quantitative estimate of drug-likeness (QED) is 0.722. The van der Waals surface area contributed by atoms with E-state index in [4.69, 9.17) is 0 Å². The number of carbonyl (C=O) groups excluding carboxylic acids is 1. The third-order valence-corrected chi connectivity index (χ3v) is 5.19. The molecular formula is C10H18O3S. The van der Waals surface area contributed by atoms with Crippen molar-refractivity contribution in [2.45, 2.75) is 44.8 Å². The van der Waals surface area contributed by atoms with Gasteiger partial charge in [0.05, 0.1) is 5.75 Å². The first kappa shape index (κ1) is 11.7. The fraction of sp³-hybridized carbons (Fsp3) is 0.900. The molecule has 3 nitrogen and oxygen atoms in total. The van der Waals surface area contributed by atoms with E-state index in [0.717, 1.165) is 12.8 Å². The highest BCUT2D eigenvalue weighted by Crippen LogP contribution is 2.23. The van der Waals surface area contributed by atoms with Crippen LogP contribution in [0.4, 0.5) is 0 Å². The van der Waals surface area contributed by atoms with Crippen LogP contribution < -0.4 is 0 Å². The first-order valence-electron chi connectivity index (χ1n) is 5.24. The average molecular weight is 218 g/mol. The standard InChI is InChI=1S/C10H18O3S/c1-3-8(2)10(11)9-6-4-5-7-14(9,12)13/h8-9H,3-7H2,1-2H3. The maximum atomic E-state index is 11.8. The molecule has 0 N–H and O–H groups in total. The normalized spacial score (nSPS) is 28.3. The van der Waals surface area contributed by atoms with Gasteiger partial charge in [0.2, 0.25) is 0 Å². The van der Waals surface area contributed by atoms with Gasteiger partial charge in [-0.05, 0) is 19.3 Å². The predicted octanol–water partition coefficient (Wildman–Crippen LogP) is 1.57. The van der Waals surface area contributed by atoms with Gasteiger partial charge in [-0.15, -0.1) is 0 Å². The van der Waals surface area contributed by atoms with E-state index in [1.165, 1.54) is 0 Å². The van der Waals surface area contributed by atoms with Crippen LogP contribution >= 0.6 is 0 Å². The summed E-state index contributed by atoms with van der Waals surface area (Å²) in [7, 11) is -3.13. The molecule has 2 unspecified atom stereocenters. The number of carbonyl (C=O) groups is 1. The first-order chi connectivity index (χ1) is 6.49. The van der Waals surface area contributed by atoms with Crippen LogP contribution in [0.25, 0.3) is 0 Å². The van der Waals surface area contributed by atoms with Crippen LogP contribution in [-0.4, -0.2) is 25.2 Å². The molecule has 1 aliphatic heterocycles. The van der Waals surface area contributed by atoms with Gasteiger partial charge in [-0.3, -0.25) is 4.79 Å². The Balaban J connectivity index is 2.80. The summed E-state index contributed by atoms with van der Waals surface area (Å²) >= 11 is 0. The molecule has 1 rings (SSSR count). The molecule has 1 aliphatic rings. The van der Waals surface area contributed by atoms with Crippen molar-refractivity contribution in [1.82, 2.24) is 0 Å². The van der Waals surface area contributed by atoms with E-state index >= 15 is 0 Å². The van der Waals surface area contributed by atoms with Crippen molar-refractivity contribution in [3.8, 4) is 0 Å². The molecule has 4 heteroatoms. The third-order valence-electron chi connectivity index (χ3n) is 2.99. The Morgan fingerprint density at radius 3 is 2.57 bits per heavy atom. The Bertz CT molecular complexity index is 305. The van der Waals surface area contributed by atoms with Crippen LogP contribution in [0.3, 0.4) is 0 Å². The van der Waals surface area contributed by atoms with Crippen molar-refractivity contribution in [3.63, 3.8) is 0 Å². The molecule has 0 saturated carbocycles. The van der Waals surface area contributed by atoms with E-state index in [-0.39, 0.29) is 17.5 Å². The molecule has 0 spiro atoms. The van der Waals surface area contributed by atoms with Crippen molar-refractivity contribution in [3.05, 3.63) is 0 Å². The van der Waals surface area contributed by atoms with Gasteiger partial charge >= 0.3 is 0 Å². The molecule has 0 radical (unpaired) electrons. The largest absolute Gasteiger partial charge is 0.298 e. The summed E-state index contributed by atoms with van der Waals surface area (Å²) in [5.41, 5.74) is 0. The van der Waals surface area contributed by atoms with Crippen LogP contribution in [0, 0.1) is 5.92 Å². The zero-order valence-corrected chi connectivity index (χ0v) is 9.64. The van der Waals surface area contributed by atoms with Crippen molar-refractivity contribution in [2.24, 2.45) is 5.92 Å². The molecule has 0 bridgehead atoms. The molecule has 0 aliphatic carbocycles. The molecule has 0 aromatic heterocycles. The summed E-state index contributed by atoms with van der Waals surface area (Å²) < 4.78 is 23.2. The molecule has 1 fully saturated rings. The fourth-order valence-corrected chi connectivity index (χ4v) is 3.80. The SMILES string of the molecule is CCC(C)C(=O)C1CCCCS1(=O)=O. The maximum Gasteiger partial charge on any atom is 0.160 e. The van der Waals surface area contributed by atoms with Gasteiger partial charge in [-0.25, -0.2) is 8.42 Å². The molecule has 1 heterocycles. The van der Waals surface area contributed by atoms with Crippen LogP contribution in [-0.2, 0) is 14.6 Å². The monoisotopic (exact) mass is 218 g/mol. The Morgan fingerprint density at radius 2 is 2.07 bits per heavy atom. The molecule has 82 valence electrons. The summed E-state index contributed by atoms with van der Waals surface area (Å²) in [6, 6.07) is 0. The van der Waals surface area contributed by atoms with Gasteiger partial charge in [-0.2, -0.15) is 0 Å². The van der Waals surface area contributed by atoms with Crippen molar-refractivity contribution in [2.75, 3.05) is 5.75 Å². The van der Waals surface area contributed by atoms with E-state index in [1.807, 2.05) is 13.8 Å². The molecule has 0 aromatic carbocycles. The highest BCUT2D eigenvalue weighted by molar-refractivity contribution is 7.92.